The summed E-state index contributed by atoms with van der Waals surface area (Å²) >= 11 is 1.26. The molecule has 0 atom stereocenters. The van der Waals surface area contributed by atoms with E-state index in [-0.39, 0.29) is 17.1 Å². The van der Waals surface area contributed by atoms with Crippen LogP contribution in [0.3, 0.4) is 0 Å². The number of rotatable bonds is 5. The summed E-state index contributed by atoms with van der Waals surface area (Å²) in [4.78, 5) is 13.0. The number of benzene rings is 2. The lowest BCUT2D eigenvalue weighted by atomic mass is 10.1. The average Bonchev–Trinajstić information content (AvgIpc) is 3.15. The van der Waals surface area contributed by atoms with Crippen molar-refractivity contribution in [3.05, 3.63) is 72.1 Å². The molecule has 0 aliphatic carbocycles. The first kappa shape index (κ1) is 19.0. The van der Waals surface area contributed by atoms with Crippen molar-refractivity contribution in [1.29, 1.82) is 0 Å². The number of anilines is 1. The zero-order valence-corrected chi connectivity index (χ0v) is 15.1. The Kier molecular flexibility index (Phi) is 5.55. The number of hydrogen-bond donors (Lipinski definition) is 1. The second-order valence-corrected chi connectivity index (χ2v) is 6.88. The number of thioether (sulfide) groups is 1. The second-order valence-electron chi connectivity index (χ2n) is 5.83. The lowest BCUT2D eigenvalue weighted by Gasteiger charge is -2.15. The Morgan fingerprint density at radius 1 is 1.19 bits per heavy atom. The van der Waals surface area contributed by atoms with Crippen molar-refractivity contribution < 1.29 is 18.0 Å². The molecule has 1 N–H and O–H groups in total. The summed E-state index contributed by atoms with van der Waals surface area (Å²) in [6.07, 6.45) is -1.58. The number of nitrogens with zero attached hydrogens (tertiary/aromatic N) is 2. The maximum absolute atomic E-state index is 13.4. The highest BCUT2D eigenvalue weighted by molar-refractivity contribution is 8.00. The van der Waals surface area contributed by atoms with Gasteiger partial charge in [-0.2, -0.15) is 18.3 Å². The molecular formula is C19H16F3N3OS. The third kappa shape index (κ3) is 4.91. The van der Waals surface area contributed by atoms with Crippen LogP contribution in [0.5, 0.6) is 0 Å². The number of carbonyl (C=O) groups is 1. The van der Waals surface area contributed by atoms with Gasteiger partial charge >= 0.3 is 6.18 Å². The zero-order chi connectivity index (χ0) is 19.4. The minimum absolute atomic E-state index is 0.0151. The van der Waals surface area contributed by atoms with Crippen LogP contribution >= 0.6 is 11.8 Å². The summed E-state index contributed by atoms with van der Waals surface area (Å²) in [7, 11) is 0. The van der Waals surface area contributed by atoms with E-state index in [4.69, 9.17) is 0 Å². The third-order valence-electron chi connectivity index (χ3n) is 3.74. The van der Waals surface area contributed by atoms with Crippen molar-refractivity contribution >= 4 is 23.4 Å². The minimum Gasteiger partial charge on any atom is -0.325 e. The van der Waals surface area contributed by atoms with Gasteiger partial charge in [-0.15, -0.1) is 11.8 Å². The van der Waals surface area contributed by atoms with Crippen LogP contribution in [-0.4, -0.2) is 21.4 Å². The van der Waals surface area contributed by atoms with Crippen LogP contribution in [-0.2, 0) is 11.0 Å². The van der Waals surface area contributed by atoms with Crippen LogP contribution in [0.25, 0.3) is 5.69 Å². The molecule has 8 heteroatoms. The summed E-state index contributed by atoms with van der Waals surface area (Å²) in [6.45, 7) is 1.95. The highest BCUT2D eigenvalue weighted by atomic mass is 32.2. The quantitative estimate of drug-likeness (QED) is 0.628. The fraction of sp³-hybridized carbons (Fsp3) is 0.158. The van der Waals surface area contributed by atoms with Crippen molar-refractivity contribution in [2.24, 2.45) is 0 Å². The Balaban J connectivity index is 1.75. The number of amides is 1. The van der Waals surface area contributed by atoms with Gasteiger partial charge in [-0.1, -0.05) is 17.7 Å². The van der Waals surface area contributed by atoms with Gasteiger partial charge < -0.3 is 5.32 Å². The van der Waals surface area contributed by atoms with Gasteiger partial charge in [0.15, 0.2) is 0 Å². The van der Waals surface area contributed by atoms with E-state index in [1.54, 1.807) is 12.3 Å². The fourth-order valence-electron chi connectivity index (χ4n) is 2.41. The molecule has 3 rings (SSSR count). The molecule has 3 aromatic rings. The Morgan fingerprint density at radius 2 is 1.93 bits per heavy atom. The van der Waals surface area contributed by atoms with Crippen molar-refractivity contribution in [3.63, 3.8) is 0 Å². The molecule has 140 valence electrons. The molecule has 4 nitrogen and oxygen atoms in total. The second kappa shape index (κ2) is 7.87. The minimum atomic E-state index is -4.60. The summed E-state index contributed by atoms with van der Waals surface area (Å²) in [6, 6.07) is 12.9. The normalized spacial score (nSPS) is 11.4. The molecule has 0 aliphatic heterocycles. The van der Waals surface area contributed by atoms with Gasteiger partial charge in [0.05, 0.1) is 22.7 Å². The summed E-state index contributed by atoms with van der Waals surface area (Å²) < 4.78 is 41.6. The summed E-state index contributed by atoms with van der Waals surface area (Å²) in [5.41, 5.74) is 0.173. The van der Waals surface area contributed by atoms with Gasteiger partial charge in [0.2, 0.25) is 5.91 Å². The van der Waals surface area contributed by atoms with E-state index in [9.17, 15) is 18.0 Å². The topological polar surface area (TPSA) is 46.9 Å². The Labute approximate surface area is 158 Å². The summed E-state index contributed by atoms with van der Waals surface area (Å²) in [5, 5.41) is 6.29. The van der Waals surface area contributed by atoms with Gasteiger partial charge in [0.1, 0.15) is 0 Å². The standard InChI is InChI=1S/C19H16F3N3OS/c1-13-3-6-15(7-4-13)27-12-18(26)24-17-8-5-14(25-10-2-9-23-25)11-16(17)19(20,21)22/h2-11H,12H2,1H3,(H,24,26). The van der Waals surface area contributed by atoms with Crippen molar-refractivity contribution in [3.8, 4) is 5.69 Å². The highest BCUT2D eigenvalue weighted by Crippen LogP contribution is 2.36. The lowest BCUT2D eigenvalue weighted by molar-refractivity contribution is -0.137. The first-order chi connectivity index (χ1) is 12.8. The first-order valence-electron chi connectivity index (χ1n) is 8.03. The molecule has 0 saturated heterocycles. The molecule has 27 heavy (non-hydrogen) atoms. The van der Waals surface area contributed by atoms with Crippen LogP contribution < -0.4 is 5.32 Å². The van der Waals surface area contributed by atoms with Gasteiger partial charge in [0, 0.05) is 17.3 Å². The predicted molar refractivity (Wildman–Crippen MR) is 99.1 cm³/mol. The van der Waals surface area contributed by atoms with Crippen LogP contribution in [0, 0.1) is 6.92 Å². The number of aromatic nitrogens is 2. The molecule has 2 aromatic carbocycles. The van der Waals surface area contributed by atoms with E-state index >= 15 is 0 Å². The van der Waals surface area contributed by atoms with Crippen LogP contribution in [0.4, 0.5) is 18.9 Å². The number of hydrogen-bond acceptors (Lipinski definition) is 3. The fourth-order valence-corrected chi connectivity index (χ4v) is 3.11. The van der Waals surface area contributed by atoms with Crippen LogP contribution in [0.1, 0.15) is 11.1 Å². The third-order valence-corrected chi connectivity index (χ3v) is 4.75. The van der Waals surface area contributed by atoms with Gasteiger partial charge in [-0.25, -0.2) is 4.68 Å². The first-order valence-corrected chi connectivity index (χ1v) is 9.02. The molecule has 1 amide bonds. The SMILES string of the molecule is Cc1ccc(SCC(=O)Nc2ccc(-n3cccn3)cc2C(F)(F)F)cc1. The molecule has 0 bridgehead atoms. The molecular weight excluding hydrogens is 375 g/mol. The van der Waals surface area contributed by atoms with Crippen molar-refractivity contribution in [2.45, 2.75) is 18.0 Å². The van der Waals surface area contributed by atoms with Crippen LogP contribution in [0.2, 0.25) is 0 Å². The largest absolute Gasteiger partial charge is 0.418 e. The van der Waals surface area contributed by atoms with Crippen LogP contribution in [0.15, 0.2) is 65.8 Å². The molecule has 0 saturated carbocycles. The van der Waals surface area contributed by atoms with Gasteiger partial charge in [-0.05, 0) is 43.3 Å². The monoisotopic (exact) mass is 391 g/mol. The molecule has 0 spiro atoms. The van der Waals surface area contributed by atoms with E-state index in [0.717, 1.165) is 16.5 Å². The number of aryl methyl sites for hydroxylation is 1. The van der Waals surface area contributed by atoms with E-state index in [2.05, 4.69) is 10.4 Å². The Hall–Kier alpha value is -2.74. The van der Waals surface area contributed by atoms with E-state index < -0.39 is 17.6 Å². The smallest absolute Gasteiger partial charge is 0.325 e. The predicted octanol–water partition coefficient (Wildman–Crippen LogP) is 4.93. The van der Waals surface area contributed by atoms with Crippen molar-refractivity contribution in [1.82, 2.24) is 9.78 Å². The Morgan fingerprint density at radius 3 is 2.56 bits per heavy atom. The zero-order valence-electron chi connectivity index (χ0n) is 14.3. The lowest BCUT2D eigenvalue weighted by Crippen LogP contribution is -2.18. The number of alkyl halides is 3. The molecule has 1 aromatic heterocycles. The number of nitrogens with one attached hydrogen (secondary N) is 1. The van der Waals surface area contributed by atoms with Gasteiger partial charge in [0.25, 0.3) is 0 Å². The molecule has 0 fully saturated rings. The van der Waals surface area contributed by atoms with E-state index in [1.807, 2.05) is 31.2 Å². The molecule has 0 radical (unpaired) electrons. The summed E-state index contributed by atoms with van der Waals surface area (Å²) in [5.74, 6) is -0.487. The van der Waals surface area contributed by atoms with Gasteiger partial charge in [-0.3, -0.25) is 4.79 Å². The Bertz CT molecular complexity index is 922. The average molecular weight is 391 g/mol. The number of carbonyl (C=O) groups excluding carboxylic acids is 1. The molecule has 1 heterocycles. The molecule has 0 unspecified atom stereocenters. The maximum Gasteiger partial charge on any atom is 0.418 e. The van der Waals surface area contributed by atoms with E-state index in [0.29, 0.717) is 0 Å². The number of halogens is 3. The highest BCUT2D eigenvalue weighted by Gasteiger charge is 2.34. The van der Waals surface area contributed by atoms with Crippen molar-refractivity contribution in [2.75, 3.05) is 11.1 Å². The van der Waals surface area contributed by atoms with E-state index in [1.165, 1.54) is 34.8 Å². The molecule has 0 aliphatic rings. The maximum atomic E-state index is 13.4.